The number of amides is 1. The third-order valence-electron chi connectivity index (χ3n) is 6.15. The molecule has 1 fully saturated rings. The Morgan fingerprint density at radius 3 is 2.69 bits per heavy atom. The summed E-state index contributed by atoms with van der Waals surface area (Å²) in [5.74, 6) is 6.37. The Bertz CT molecular complexity index is 1470. The Morgan fingerprint density at radius 2 is 1.94 bits per heavy atom. The second kappa shape index (κ2) is 10.1. The number of hydrogen-bond donors (Lipinski definition) is 2. The smallest absolute Gasteiger partial charge is 0.265 e. The molecule has 0 bridgehead atoms. The molecule has 2 aromatic carbocycles. The van der Waals surface area contributed by atoms with E-state index in [0.29, 0.717) is 58.3 Å². The molecule has 0 unspecified atom stereocenters. The molecule has 9 nitrogen and oxygen atoms in total. The number of rotatable bonds is 6. The van der Waals surface area contributed by atoms with Gasteiger partial charge < -0.3 is 18.6 Å². The van der Waals surface area contributed by atoms with Crippen LogP contribution in [0.4, 0.5) is 0 Å². The fourth-order valence-corrected chi connectivity index (χ4v) is 4.28. The van der Waals surface area contributed by atoms with E-state index in [0.717, 1.165) is 24.0 Å². The number of hydrazine groups is 1. The number of nitrogen functional groups attached to an aromatic ring is 1. The topological polar surface area (TPSA) is 133 Å². The number of furan rings is 1. The monoisotopic (exact) mass is 484 g/mol. The summed E-state index contributed by atoms with van der Waals surface area (Å²) >= 11 is 0. The van der Waals surface area contributed by atoms with Crippen molar-refractivity contribution in [1.82, 2.24) is 10.4 Å². The molecule has 3 N–H and O–H groups in total. The highest BCUT2D eigenvalue weighted by Gasteiger charge is 2.20. The molecule has 182 valence electrons. The predicted octanol–water partition coefficient (Wildman–Crippen LogP) is 4.20. The number of aromatic nitrogens is 1. The number of carbonyl (C=O) groups excluding carboxylic acids is 1. The Balaban J connectivity index is 1.52. The number of nitrogens with one attached hydrogen (secondary N) is 1. The van der Waals surface area contributed by atoms with Gasteiger partial charge >= 0.3 is 0 Å². The summed E-state index contributed by atoms with van der Waals surface area (Å²) in [6.45, 7) is 1.32. The minimum absolute atomic E-state index is 0.0364. The van der Waals surface area contributed by atoms with Crippen LogP contribution < -0.4 is 20.7 Å². The number of methoxy groups -OCH3 is 1. The Hall–Kier alpha value is -4.39. The zero-order valence-electron chi connectivity index (χ0n) is 19.6. The van der Waals surface area contributed by atoms with E-state index in [2.05, 4.69) is 16.5 Å². The highest BCUT2D eigenvalue weighted by Crippen LogP contribution is 2.38. The van der Waals surface area contributed by atoms with Crippen LogP contribution in [0.5, 0.6) is 11.5 Å². The van der Waals surface area contributed by atoms with Crippen LogP contribution in [0.2, 0.25) is 0 Å². The second-order valence-electron chi connectivity index (χ2n) is 8.32. The highest BCUT2D eigenvalue weighted by atomic mass is 16.5. The van der Waals surface area contributed by atoms with Gasteiger partial charge in [0, 0.05) is 36.2 Å². The lowest BCUT2D eigenvalue weighted by Crippen LogP contribution is -2.29. The standard InChI is InChI=1S/C27H24N4O5/c1-33-24-13-17(27(32)31-29)2-4-21(24)25-14-22-26(36-25)20(6-9-30-22)16-3-5-23(18(12-16)15-28)35-19-7-10-34-11-8-19/h2-6,9,12-14,19H,7-8,10-11,29H2,1H3,(H,31,32). The van der Waals surface area contributed by atoms with E-state index >= 15 is 0 Å². The third-order valence-corrected chi connectivity index (χ3v) is 6.15. The first-order valence-electron chi connectivity index (χ1n) is 11.5. The van der Waals surface area contributed by atoms with Crippen LogP contribution in [0.25, 0.3) is 33.6 Å². The predicted molar refractivity (Wildman–Crippen MR) is 132 cm³/mol. The van der Waals surface area contributed by atoms with Gasteiger partial charge in [-0.05, 0) is 42.0 Å². The molecule has 36 heavy (non-hydrogen) atoms. The van der Waals surface area contributed by atoms with Gasteiger partial charge in [0.15, 0.2) is 5.58 Å². The van der Waals surface area contributed by atoms with Crippen molar-refractivity contribution in [2.45, 2.75) is 18.9 Å². The van der Waals surface area contributed by atoms with Crippen LogP contribution in [0.1, 0.15) is 28.8 Å². The van der Waals surface area contributed by atoms with E-state index < -0.39 is 5.91 Å². The van der Waals surface area contributed by atoms with Crippen molar-refractivity contribution in [2.24, 2.45) is 5.84 Å². The lowest BCUT2D eigenvalue weighted by Gasteiger charge is -2.23. The Labute approximate surface area is 207 Å². The van der Waals surface area contributed by atoms with Crippen molar-refractivity contribution in [2.75, 3.05) is 20.3 Å². The molecule has 0 atom stereocenters. The first-order chi connectivity index (χ1) is 17.6. The van der Waals surface area contributed by atoms with E-state index in [1.807, 2.05) is 24.3 Å². The largest absolute Gasteiger partial charge is 0.496 e. The zero-order chi connectivity index (χ0) is 25.1. The lowest BCUT2D eigenvalue weighted by molar-refractivity contribution is 0.0254. The Morgan fingerprint density at radius 1 is 1.11 bits per heavy atom. The van der Waals surface area contributed by atoms with Crippen LogP contribution in [-0.2, 0) is 4.74 Å². The first kappa shape index (κ1) is 23.4. The molecule has 1 aliphatic rings. The zero-order valence-corrected chi connectivity index (χ0v) is 19.6. The number of nitrogens with zero attached hydrogens (tertiary/aromatic N) is 2. The van der Waals surface area contributed by atoms with Crippen molar-refractivity contribution < 1.29 is 23.4 Å². The van der Waals surface area contributed by atoms with Gasteiger partial charge in [-0.25, -0.2) is 5.84 Å². The summed E-state index contributed by atoms with van der Waals surface area (Å²) in [5, 5.41) is 9.78. The van der Waals surface area contributed by atoms with E-state index in [4.69, 9.17) is 24.5 Å². The van der Waals surface area contributed by atoms with Crippen molar-refractivity contribution in [3.05, 3.63) is 65.9 Å². The normalized spacial score (nSPS) is 13.8. The first-order valence-corrected chi connectivity index (χ1v) is 11.5. The second-order valence-corrected chi connectivity index (χ2v) is 8.32. The number of pyridine rings is 1. The summed E-state index contributed by atoms with van der Waals surface area (Å²) in [6.07, 6.45) is 3.33. The van der Waals surface area contributed by atoms with Crippen molar-refractivity contribution in [3.8, 4) is 40.0 Å². The summed E-state index contributed by atoms with van der Waals surface area (Å²) in [6, 6.07) is 16.4. The van der Waals surface area contributed by atoms with Crippen molar-refractivity contribution in [1.29, 1.82) is 5.26 Å². The molecule has 1 aliphatic heterocycles. The summed E-state index contributed by atoms with van der Waals surface area (Å²) in [7, 11) is 1.52. The fraction of sp³-hybridized carbons (Fsp3) is 0.222. The fourth-order valence-electron chi connectivity index (χ4n) is 4.28. The number of fused-ring (bicyclic) bond motifs is 1. The Kier molecular flexibility index (Phi) is 6.54. The minimum Gasteiger partial charge on any atom is -0.496 e. The maximum absolute atomic E-state index is 11.9. The molecule has 5 rings (SSSR count). The van der Waals surface area contributed by atoms with Crippen LogP contribution in [0.15, 0.2) is 59.1 Å². The number of ether oxygens (including phenoxy) is 3. The molecule has 2 aromatic heterocycles. The molecule has 0 aliphatic carbocycles. The number of hydrogen-bond acceptors (Lipinski definition) is 8. The van der Waals surface area contributed by atoms with E-state index in [1.165, 1.54) is 7.11 Å². The van der Waals surface area contributed by atoms with Gasteiger partial charge in [0.05, 0.1) is 31.5 Å². The number of carbonyl (C=O) groups is 1. The molecule has 0 radical (unpaired) electrons. The van der Waals surface area contributed by atoms with E-state index in [1.54, 1.807) is 30.5 Å². The number of benzene rings is 2. The quantitative estimate of drug-likeness (QED) is 0.236. The molecule has 0 saturated carbocycles. The van der Waals surface area contributed by atoms with Gasteiger partial charge in [0.25, 0.3) is 5.91 Å². The van der Waals surface area contributed by atoms with Crippen molar-refractivity contribution >= 4 is 17.0 Å². The molecule has 1 amide bonds. The molecular formula is C27H24N4O5. The van der Waals surface area contributed by atoms with Crippen LogP contribution in [0, 0.1) is 11.3 Å². The lowest BCUT2D eigenvalue weighted by atomic mass is 10.0. The van der Waals surface area contributed by atoms with E-state index in [9.17, 15) is 10.1 Å². The minimum atomic E-state index is -0.425. The molecular weight excluding hydrogens is 460 g/mol. The maximum Gasteiger partial charge on any atom is 0.265 e. The SMILES string of the molecule is COc1cc(C(=O)NN)ccc1-c1cc2nccc(-c3ccc(OC4CCOCC4)c(C#N)c3)c2o1. The van der Waals surface area contributed by atoms with Gasteiger partial charge in [0.2, 0.25) is 0 Å². The highest BCUT2D eigenvalue weighted by molar-refractivity contribution is 5.96. The summed E-state index contributed by atoms with van der Waals surface area (Å²) in [4.78, 5) is 16.3. The maximum atomic E-state index is 11.9. The third kappa shape index (κ3) is 4.47. The molecule has 4 aromatic rings. The van der Waals surface area contributed by atoms with Crippen LogP contribution >= 0.6 is 0 Å². The molecule has 1 saturated heterocycles. The van der Waals surface area contributed by atoms with Crippen LogP contribution in [0.3, 0.4) is 0 Å². The number of nitriles is 1. The molecule has 3 heterocycles. The van der Waals surface area contributed by atoms with E-state index in [-0.39, 0.29) is 6.10 Å². The van der Waals surface area contributed by atoms with Gasteiger partial charge in [-0.2, -0.15) is 5.26 Å². The summed E-state index contributed by atoms with van der Waals surface area (Å²) < 4.78 is 23.2. The van der Waals surface area contributed by atoms with Gasteiger partial charge in [-0.3, -0.25) is 15.2 Å². The number of nitrogens with two attached hydrogens (primary N) is 1. The molecule has 9 heteroatoms. The average molecular weight is 485 g/mol. The van der Waals surface area contributed by atoms with Gasteiger partial charge in [0.1, 0.15) is 34.9 Å². The van der Waals surface area contributed by atoms with Gasteiger partial charge in [-0.1, -0.05) is 6.07 Å². The summed E-state index contributed by atoms with van der Waals surface area (Å²) in [5.41, 5.74) is 6.40. The van der Waals surface area contributed by atoms with Crippen LogP contribution in [-0.4, -0.2) is 37.3 Å². The molecule has 0 spiro atoms. The van der Waals surface area contributed by atoms with Gasteiger partial charge in [-0.15, -0.1) is 0 Å². The van der Waals surface area contributed by atoms with Crippen molar-refractivity contribution in [3.63, 3.8) is 0 Å². The average Bonchev–Trinajstić information content (AvgIpc) is 3.37.